The first-order valence-electron chi connectivity index (χ1n) is 7.20. The molecule has 6 N–H and O–H groups in total. The summed E-state index contributed by atoms with van der Waals surface area (Å²) in [6, 6.07) is 5.64. The lowest BCUT2D eigenvalue weighted by atomic mass is 10.1. The van der Waals surface area contributed by atoms with E-state index in [0.717, 1.165) is 5.56 Å². The molecule has 0 saturated heterocycles. The number of hydrogen-bond donors (Lipinski definition) is 4. The molecule has 0 heterocycles. The van der Waals surface area contributed by atoms with Crippen molar-refractivity contribution in [2.75, 3.05) is 11.9 Å². The smallest absolute Gasteiger partial charge is 0.312 e. The first-order chi connectivity index (χ1) is 10.9. The van der Waals surface area contributed by atoms with Crippen LogP contribution in [0.5, 0.6) is 0 Å². The molecule has 1 aromatic rings. The van der Waals surface area contributed by atoms with Gasteiger partial charge in [-0.3, -0.25) is 9.59 Å². The zero-order valence-corrected chi connectivity index (χ0v) is 13.0. The predicted octanol–water partition coefficient (Wildman–Crippen LogP) is 0.464. The van der Waals surface area contributed by atoms with Crippen LogP contribution in [0.1, 0.15) is 25.3 Å². The molecular weight excluding hydrogens is 300 g/mol. The highest BCUT2D eigenvalue weighted by Gasteiger charge is 2.13. The van der Waals surface area contributed by atoms with Crippen molar-refractivity contribution in [3.63, 3.8) is 0 Å². The first kappa shape index (κ1) is 18.4. The molecule has 1 rings (SSSR count). The maximum atomic E-state index is 11.9. The van der Waals surface area contributed by atoms with Crippen LogP contribution in [0.4, 0.5) is 10.5 Å². The van der Waals surface area contributed by atoms with Crippen LogP contribution in [0.25, 0.3) is 0 Å². The molecular formula is C15H22N4O4. The molecule has 0 aromatic heterocycles. The van der Waals surface area contributed by atoms with Gasteiger partial charge in [-0.15, -0.1) is 0 Å². The second-order valence-electron chi connectivity index (χ2n) is 5.01. The van der Waals surface area contributed by atoms with Crippen molar-refractivity contribution < 1.29 is 19.1 Å². The fourth-order valence-electron chi connectivity index (χ4n) is 1.77. The summed E-state index contributed by atoms with van der Waals surface area (Å²) in [5, 5.41) is 5.13. The SMILES string of the molecule is CC(=O)OCc1ccc(NC(=O)C(N)CCCNC(N)=O)cc1. The minimum atomic E-state index is -0.676. The lowest BCUT2D eigenvalue weighted by Gasteiger charge is -2.12. The van der Waals surface area contributed by atoms with Gasteiger partial charge in [0.15, 0.2) is 0 Å². The summed E-state index contributed by atoms with van der Waals surface area (Å²) in [6.45, 7) is 1.91. The molecule has 1 unspecified atom stereocenters. The first-order valence-corrected chi connectivity index (χ1v) is 7.20. The molecule has 126 valence electrons. The minimum absolute atomic E-state index is 0.190. The number of hydrogen-bond acceptors (Lipinski definition) is 5. The molecule has 0 bridgehead atoms. The normalized spacial score (nSPS) is 11.4. The van der Waals surface area contributed by atoms with Crippen molar-refractivity contribution in [1.82, 2.24) is 5.32 Å². The van der Waals surface area contributed by atoms with E-state index in [1.54, 1.807) is 24.3 Å². The molecule has 0 aliphatic heterocycles. The lowest BCUT2D eigenvalue weighted by molar-refractivity contribution is -0.142. The van der Waals surface area contributed by atoms with Crippen molar-refractivity contribution >= 4 is 23.6 Å². The Morgan fingerprint density at radius 2 is 1.87 bits per heavy atom. The van der Waals surface area contributed by atoms with Crippen LogP contribution in [-0.4, -0.2) is 30.5 Å². The molecule has 0 fully saturated rings. The summed E-state index contributed by atoms with van der Waals surface area (Å²) in [7, 11) is 0. The Bertz CT molecular complexity index is 545. The van der Waals surface area contributed by atoms with Crippen molar-refractivity contribution in [3.8, 4) is 0 Å². The molecule has 3 amide bonds. The van der Waals surface area contributed by atoms with E-state index in [0.29, 0.717) is 25.1 Å². The molecule has 0 saturated carbocycles. The van der Waals surface area contributed by atoms with Crippen molar-refractivity contribution in [3.05, 3.63) is 29.8 Å². The Morgan fingerprint density at radius 1 is 1.22 bits per heavy atom. The second kappa shape index (κ2) is 9.42. The molecule has 0 aliphatic rings. The van der Waals surface area contributed by atoms with E-state index in [1.807, 2.05) is 0 Å². The van der Waals surface area contributed by atoms with E-state index in [-0.39, 0.29) is 18.5 Å². The third-order valence-electron chi connectivity index (χ3n) is 2.99. The average molecular weight is 322 g/mol. The Kier molecular flexibility index (Phi) is 7.55. The number of anilines is 1. The maximum absolute atomic E-state index is 11.9. The number of primary amides is 1. The van der Waals surface area contributed by atoms with Gasteiger partial charge in [0, 0.05) is 19.2 Å². The van der Waals surface area contributed by atoms with E-state index >= 15 is 0 Å². The van der Waals surface area contributed by atoms with Crippen LogP contribution in [-0.2, 0) is 20.9 Å². The van der Waals surface area contributed by atoms with Crippen LogP contribution in [0, 0.1) is 0 Å². The van der Waals surface area contributed by atoms with Gasteiger partial charge in [-0.2, -0.15) is 0 Å². The third kappa shape index (κ3) is 7.82. The van der Waals surface area contributed by atoms with Crippen LogP contribution in [0.2, 0.25) is 0 Å². The fourth-order valence-corrected chi connectivity index (χ4v) is 1.77. The fraction of sp³-hybridized carbons (Fsp3) is 0.400. The zero-order valence-electron chi connectivity index (χ0n) is 13.0. The lowest BCUT2D eigenvalue weighted by Crippen LogP contribution is -2.37. The van der Waals surface area contributed by atoms with Gasteiger partial charge in [-0.05, 0) is 30.5 Å². The molecule has 0 spiro atoms. The summed E-state index contributed by atoms with van der Waals surface area (Å²) >= 11 is 0. The molecule has 8 nitrogen and oxygen atoms in total. The molecule has 0 aliphatic carbocycles. The van der Waals surface area contributed by atoms with Gasteiger partial charge in [0.25, 0.3) is 0 Å². The topological polar surface area (TPSA) is 137 Å². The molecule has 1 atom stereocenters. The van der Waals surface area contributed by atoms with Crippen LogP contribution in [0.3, 0.4) is 0 Å². The molecule has 8 heteroatoms. The maximum Gasteiger partial charge on any atom is 0.312 e. The number of urea groups is 1. The molecule has 1 aromatic carbocycles. The number of ether oxygens (including phenoxy) is 1. The second-order valence-corrected chi connectivity index (χ2v) is 5.01. The number of nitrogens with one attached hydrogen (secondary N) is 2. The van der Waals surface area contributed by atoms with Crippen molar-refractivity contribution in [2.24, 2.45) is 11.5 Å². The number of nitrogens with two attached hydrogens (primary N) is 2. The number of benzene rings is 1. The van der Waals surface area contributed by atoms with Crippen LogP contribution in [0.15, 0.2) is 24.3 Å². The van der Waals surface area contributed by atoms with E-state index in [2.05, 4.69) is 10.6 Å². The largest absolute Gasteiger partial charge is 0.461 e. The number of carbonyl (C=O) groups excluding carboxylic acids is 3. The highest BCUT2D eigenvalue weighted by Crippen LogP contribution is 2.11. The van der Waals surface area contributed by atoms with Gasteiger partial charge in [0.1, 0.15) is 6.61 Å². The van der Waals surface area contributed by atoms with Gasteiger partial charge in [-0.25, -0.2) is 4.79 Å². The quantitative estimate of drug-likeness (QED) is 0.407. The Morgan fingerprint density at radius 3 is 2.43 bits per heavy atom. The number of amides is 3. The summed E-state index contributed by atoms with van der Waals surface area (Å²) < 4.78 is 4.87. The highest BCUT2D eigenvalue weighted by atomic mass is 16.5. The zero-order chi connectivity index (χ0) is 17.2. The number of rotatable bonds is 8. The Balaban J connectivity index is 2.38. The highest BCUT2D eigenvalue weighted by molar-refractivity contribution is 5.94. The van der Waals surface area contributed by atoms with Gasteiger partial charge in [0.2, 0.25) is 5.91 Å². The predicted molar refractivity (Wildman–Crippen MR) is 85.3 cm³/mol. The minimum Gasteiger partial charge on any atom is -0.461 e. The monoisotopic (exact) mass is 322 g/mol. The van der Waals surface area contributed by atoms with Gasteiger partial charge >= 0.3 is 12.0 Å². The third-order valence-corrected chi connectivity index (χ3v) is 2.99. The molecule has 23 heavy (non-hydrogen) atoms. The van der Waals surface area contributed by atoms with Crippen LogP contribution >= 0.6 is 0 Å². The van der Waals surface area contributed by atoms with Gasteiger partial charge < -0.3 is 26.8 Å². The number of carbonyl (C=O) groups is 3. The standard InChI is InChI=1S/C15H22N4O4/c1-10(20)23-9-11-4-6-12(7-5-11)19-14(21)13(16)3-2-8-18-15(17)22/h4-7,13H,2-3,8-9,16H2,1H3,(H,19,21)(H3,17,18,22). The van der Waals surface area contributed by atoms with Crippen molar-refractivity contribution in [2.45, 2.75) is 32.4 Å². The van der Waals surface area contributed by atoms with Gasteiger partial charge in [0.05, 0.1) is 6.04 Å². The summed E-state index contributed by atoms with van der Waals surface area (Å²) in [6.07, 6.45) is 0.982. The van der Waals surface area contributed by atoms with E-state index in [9.17, 15) is 14.4 Å². The van der Waals surface area contributed by atoms with Gasteiger partial charge in [-0.1, -0.05) is 12.1 Å². The van der Waals surface area contributed by atoms with E-state index in [1.165, 1.54) is 6.92 Å². The average Bonchev–Trinajstić information content (AvgIpc) is 2.50. The molecule has 0 radical (unpaired) electrons. The summed E-state index contributed by atoms with van der Waals surface area (Å²) in [5.74, 6) is -0.656. The Labute approximate surface area is 134 Å². The van der Waals surface area contributed by atoms with Crippen molar-refractivity contribution in [1.29, 1.82) is 0 Å². The van der Waals surface area contributed by atoms with E-state index < -0.39 is 12.1 Å². The number of esters is 1. The van der Waals surface area contributed by atoms with Crippen LogP contribution < -0.4 is 22.1 Å². The Hall–Kier alpha value is -2.61. The summed E-state index contributed by atoms with van der Waals surface area (Å²) in [4.78, 5) is 33.2. The summed E-state index contributed by atoms with van der Waals surface area (Å²) in [5.41, 5.74) is 12.1. The van der Waals surface area contributed by atoms with E-state index in [4.69, 9.17) is 16.2 Å².